The first-order valence-electron chi connectivity index (χ1n) is 5.38. The molecule has 0 atom stereocenters. The Labute approximate surface area is 94.9 Å². The van der Waals surface area contributed by atoms with Crippen molar-refractivity contribution in [2.75, 3.05) is 30.8 Å². The lowest BCUT2D eigenvalue weighted by Gasteiger charge is -2.11. The number of nitrogens with two attached hydrogens (primary N) is 1. The van der Waals surface area contributed by atoms with Crippen LogP contribution in [0.25, 0.3) is 0 Å². The fraction of sp³-hybridized carbons (Fsp3) is 0.600. The molecule has 0 aliphatic rings. The van der Waals surface area contributed by atoms with Crippen LogP contribution in [0.5, 0.6) is 5.75 Å². The van der Waals surface area contributed by atoms with E-state index in [0.717, 1.165) is 19.4 Å². The Morgan fingerprint density at radius 3 is 3.06 bits per heavy atom. The molecular formula is C10H18N4O2. The smallest absolute Gasteiger partial charge is 0.222 e. The van der Waals surface area contributed by atoms with Crippen molar-refractivity contribution in [3.8, 4) is 5.75 Å². The average Bonchev–Trinajstić information content (AvgIpc) is 2.28. The molecule has 0 aromatic carbocycles. The lowest BCUT2D eigenvalue weighted by atomic mass is 10.3. The maximum atomic E-state index is 8.68. The Bertz CT molecular complexity index is 320. The van der Waals surface area contributed by atoms with Gasteiger partial charge in [0.15, 0.2) is 11.6 Å². The predicted octanol–water partition coefficient (Wildman–Crippen LogP) is 0.642. The summed E-state index contributed by atoms with van der Waals surface area (Å²) >= 11 is 0. The zero-order chi connectivity index (χ0) is 11.8. The molecule has 0 bridgehead atoms. The molecule has 90 valence electrons. The van der Waals surface area contributed by atoms with Crippen LogP contribution in [0.4, 0.5) is 11.8 Å². The molecule has 1 aromatic rings. The van der Waals surface area contributed by atoms with E-state index in [9.17, 15) is 0 Å². The van der Waals surface area contributed by atoms with Gasteiger partial charge in [0.2, 0.25) is 5.95 Å². The summed E-state index contributed by atoms with van der Waals surface area (Å²) in [4.78, 5) is 7.89. The first-order valence-corrected chi connectivity index (χ1v) is 5.38. The minimum atomic E-state index is -0.0429. The molecule has 0 unspecified atom stereocenters. The molecule has 1 aromatic heterocycles. The molecule has 0 saturated heterocycles. The quantitative estimate of drug-likeness (QED) is 0.591. The third kappa shape index (κ3) is 3.90. The van der Waals surface area contributed by atoms with Crippen LogP contribution in [0.1, 0.15) is 19.8 Å². The maximum Gasteiger partial charge on any atom is 0.222 e. The molecule has 1 heterocycles. The Kier molecular flexibility index (Phi) is 5.35. The van der Waals surface area contributed by atoms with Crippen molar-refractivity contribution < 1.29 is 9.84 Å². The van der Waals surface area contributed by atoms with Gasteiger partial charge in [-0.05, 0) is 6.42 Å². The molecule has 4 N–H and O–H groups in total. The number of rotatable bonds is 7. The standard InChI is InChI=1S/C10H18N4O2/c1-2-3-4-12-9-8(16-6-5-15)7-13-10(11)14-9/h7,15H,2-6H2,1H3,(H3,11,12,13,14). The van der Waals surface area contributed by atoms with Crippen molar-refractivity contribution in [2.45, 2.75) is 19.8 Å². The van der Waals surface area contributed by atoms with Crippen LogP contribution in [0.2, 0.25) is 0 Å². The van der Waals surface area contributed by atoms with Gasteiger partial charge in [-0.3, -0.25) is 0 Å². The van der Waals surface area contributed by atoms with Gasteiger partial charge in [0.1, 0.15) is 6.61 Å². The van der Waals surface area contributed by atoms with Gasteiger partial charge in [0, 0.05) is 6.54 Å². The van der Waals surface area contributed by atoms with E-state index in [1.54, 1.807) is 0 Å². The average molecular weight is 226 g/mol. The highest BCUT2D eigenvalue weighted by molar-refractivity contribution is 5.51. The van der Waals surface area contributed by atoms with Gasteiger partial charge in [0.05, 0.1) is 12.8 Å². The first-order chi connectivity index (χ1) is 7.77. The molecule has 0 saturated carbocycles. The second-order valence-electron chi connectivity index (χ2n) is 3.29. The second kappa shape index (κ2) is 6.84. The summed E-state index contributed by atoms with van der Waals surface area (Å²) in [6.07, 6.45) is 3.65. The van der Waals surface area contributed by atoms with Crippen LogP contribution < -0.4 is 15.8 Å². The highest BCUT2D eigenvalue weighted by Gasteiger charge is 2.06. The number of nitrogen functional groups attached to an aromatic ring is 1. The van der Waals surface area contributed by atoms with Gasteiger partial charge in [-0.25, -0.2) is 4.98 Å². The van der Waals surface area contributed by atoms with Crippen LogP contribution in [0.15, 0.2) is 6.20 Å². The Morgan fingerprint density at radius 1 is 1.56 bits per heavy atom. The third-order valence-electron chi connectivity index (χ3n) is 1.95. The molecule has 6 heteroatoms. The monoisotopic (exact) mass is 226 g/mol. The van der Waals surface area contributed by atoms with Gasteiger partial charge in [-0.15, -0.1) is 0 Å². The molecule has 6 nitrogen and oxygen atoms in total. The minimum Gasteiger partial charge on any atom is -0.486 e. The van der Waals surface area contributed by atoms with E-state index < -0.39 is 0 Å². The Hall–Kier alpha value is -1.56. The molecule has 0 spiro atoms. The van der Waals surface area contributed by atoms with Gasteiger partial charge in [0.25, 0.3) is 0 Å². The number of aliphatic hydroxyl groups is 1. The van der Waals surface area contributed by atoms with Crippen LogP contribution >= 0.6 is 0 Å². The lowest BCUT2D eigenvalue weighted by molar-refractivity contribution is 0.201. The van der Waals surface area contributed by atoms with E-state index in [1.165, 1.54) is 6.20 Å². The summed E-state index contributed by atoms with van der Waals surface area (Å²) in [5.74, 6) is 1.30. The van der Waals surface area contributed by atoms with Crippen molar-refractivity contribution in [3.63, 3.8) is 0 Å². The number of ether oxygens (including phenoxy) is 1. The van der Waals surface area contributed by atoms with Gasteiger partial charge >= 0.3 is 0 Å². The van der Waals surface area contributed by atoms with Crippen molar-refractivity contribution in [3.05, 3.63) is 6.20 Å². The summed E-state index contributed by atoms with van der Waals surface area (Å²) in [6.45, 7) is 3.09. The van der Waals surface area contributed by atoms with E-state index in [1.807, 2.05) is 0 Å². The van der Waals surface area contributed by atoms with Gasteiger partial charge in [-0.2, -0.15) is 4.98 Å². The molecule has 0 aliphatic carbocycles. The number of hydrogen-bond acceptors (Lipinski definition) is 6. The number of aromatic nitrogens is 2. The molecule has 0 aliphatic heterocycles. The van der Waals surface area contributed by atoms with Crippen molar-refractivity contribution in [1.82, 2.24) is 9.97 Å². The molecule has 0 fully saturated rings. The third-order valence-corrected chi connectivity index (χ3v) is 1.95. The van der Waals surface area contributed by atoms with E-state index >= 15 is 0 Å². The fourth-order valence-electron chi connectivity index (χ4n) is 1.16. The van der Waals surface area contributed by atoms with Crippen molar-refractivity contribution in [1.29, 1.82) is 0 Å². The number of aliphatic hydroxyl groups excluding tert-OH is 1. The topological polar surface area (TPSA) is 93.3 Å². The zero-order valence-corrected chi connectivity index (χ0v) is 9.44. The minimum absolute atomic E-state index is 0.0429. The van der Waals surface area contributed by atoms with Crippen LogP contribution in [0, 0.1) is 0 Å². The zero-order valence-electron chi connectivity index (χ0n) is 9.44. The number of unbranched alkanes of at least 4 members (excludes halogenated alkanes) is 1. The van der Waals surface area contributed by atoms with Crippen LogP contribution in [0.3, 0.4) is 0 Å². The summed E-state index contributed by atoms with van der Waals surface area (Å²) in [7, 11) is 0. The lowest BCUT2D eigenvalue weighted by Crippen LogP contribution is -2.10. The van der Waals surface area contributed by atoms with Crippen molar-refractivity contribution in [2.24, 2.45) is 0 Å². The van der Waals surface area contributed by atoms with Crippen LogP contribution in [-0.2, 0) is 0 Å². The van der Waals surface area contributed by atoms with E-state index in [-0.39, 0.29) is 19.2 Å². The normalized spacial score (nSPS) is 10.1. The number of nitrogens with one attached hydrogen (secondary N) is 1. The van der Waals surface area contributed by atoms with Crippen molar-refractivity contribution >= 4 is 11.8 Å². The maximum absolute atomic E-state index is 8.68. The second-order valence-corrected chi connectivity index (χ2v) is 3.29. The predicted molar refractivity (Wildman–Crippen MR) is 62.4 cm³/mol. The Balaban J connectivity index is 2.65. The summed E-state index contributed by atoms with van der Waals surface area (Å²) in [6, 6.07) is 0. The fourth-order valence-corrected chi connectivity index (χ4v) is 1.16. The van der Waals surface area contributed by atoms with E-state index in [4.69, 9.17) is 15.6 Å². The van der Waals surface area contributed by atoms with E-state index in [2.05, 4.69) is 22.2 Å². The molecular weight excluding hydrogens is 208 g/mol. The molecule has 0 radical (unpaired) electrons. The highest BCUT2D eigenvalue weighted by Crippen LogP contribution is 2.21. The first kappa shape index (κ1) is 12.5. The molecule has 16 heavy (non-hydrogen) atoms. The number of hydrogen-bond donors (Lipinski definition) is 3. The Morgan fingerprint density at radius 2 is 2.38 bits per heavy atom. The summed E-state index contributed by atoms with van der Waals surface area (Å²) < 4.78 is 5.28. The van der Waals surface area contributed by atoms with Crippen LogP contribution in [-0.4, -0.2) is 34.8 Å². The van der Waals surface area contributed by atoms with Gasteiger partial charge in [-0.1, -0.05) is 13.3 Å². The number of nitrogens with zero attached hydrogens (tertiary/aromatic N) is 2. The van der Waals surface area contributed by atoms with Gasteiger partial charge < -0.3 is 20.9 Å². The highest BCUT2D eigenvalue weighted by atomic mass is 16.5. The largest absolute Gasteiger partial charge is 0.486 e. The van der Waals surface area contributed by atoms with E-state index in [0.29, 0.717) is 11.6 Å². The SMILES string of the molecule is CCCCNc1nc(N)ncc1OCCO. The number of anilines is 2. The summed E-state index contributed by atoms with van der Waals surface area (Å²) in [5.41, 5.74) is 5.49. The molecule has 0 amide bonds. The summed E-state index contributed by atoms with van der Waals surface area (Å²) in [5, 5.41) is 11.8. The molecule has 1 rings (SSSR count).